The van der Waals surface area contributed by atoms with Gasteiger partial charge >= 0.3 is 0 Å². The van der Waals surface area contributed by atoms with Crippen molar-refractivity contribution in [2.45, 2.75) is 56.2 Å². The lowest BCUT2D eigenvalue weighted by Crippen LogP contribution is -2.38. The predicted molar refractivity (Wildman–Crippen MR) is 91.8 cm³/mol. The van der Waals surface area contributed by atoms with E-state index in [9.17, 15) is 0 Å². The molecule has 0 amide bonds. The molecule has 2 rings (SSSR count). The Bertz CT molecular complexity index is 390. The number of benzene rings is 1. The van der Waals surface area contributed by atoms with Crippen LogP contribution in [0.3, 0.4) is 0 Å². The lowest BCUT2D eigenvalue weighted by Gasteiger charge is -2.23. The maximum Gasteiger partial charge on any atom is 0.118 e. The molecular weight excluding hydrogens is 280 g/mol. The van der Waals surface area contributed by atoms with E-state index in [-0.39, 0.29) is 0 Å². The summed E-state index contributed by atoms with van der Waals surface area (Å²) in [4.78, 5) is 0. The van der Waals surface area contributed by atoms with Gasteiger partial charge in [0.25, 0.3) is 0 Å². The second-order valence-corrected chi connectivity index (χ2v) is 7.18. The van der Waals surface area contributed by atoms with Gasteiger partial charge in [0.15, 0.2) is 0 Å². The van der Waals surface area contributed by atoms with E-state index in [1.54, 1.807) is 7.11 Å². The summed E-state index contributed by atoms with van der Waals surface area (Å²) in [6, 6.07) is 8.73. The molecule has 1 saturated carbocycles. The number of nitrogens with two attached hydrogens (primary N) is 1. The number of aryl methyl sites for hydroxylation is 1. The number of hydrogen-bond acceptors (Lipinski definition) is 4. The fourth-order valence-electron chi connectivity index (χ4n) is 2.83. The Hall–Kier alpha value is -0.710. The van der Waals surface area contributed by atoms with Gasteiger partial charge in [-0.2, -0.15) is 11.8 Å². The molecule has 1 aromatic rings. The number of hydrazine groups is 1. The fourth-order valence-corrected chi connectivity index (χ4v) is 4.27. The van der Waals surface area contributed by atoms with Crippen LogP contribution in [0.2, 0.25) is 0 Å². The third-order valence-corrected chi connectivity index (χ3v) is 5.80. The first-order chi connectivity index (χ1) is 10.3. The molecule has 1 aromatic carbocycles. The molecule has 4 heteroatoms. The second kappa shape index (κ2) is 9.34. The first-order valence-electron chi connectivity index (χ1n) is 8.02. The van der Waals surface area contributed by atoms with Crippen molar-refractivity contribution >= 4 is 11.8 Å². The summed E-state index contributed by atoms with van der Waals surface area (Å²) >= 11 is 2.11. The van der Waals surface area contributed by atoms with E-state index in [0.717, 1.165) is 29.6 Å². The molecule has 1 aliphatic carbocycles. The van der Waals surface area contributed by atoms with Gasteiger partial charge in [0, 0.05) is 17.0 Å². The van der Waals surface area contributed by atoms with Crippen molar-refractivity contribution < 1.29 is 4.74 Å². The highest BCUT2D eigenvalue weighted by atomic mass is 32.2. The molecule has 0 heterocycles. The monoisotopic (exact) mass is 308 g/mol. The molecule has 1 aliphatic rings. The van der Waals surface area contributed by atoms with Crippen molar-refractivity contribution in [3.05, 3.63) is 29.8 Å². The number of rotatable bonds is 8. The van der Waals surface area contributed by atoms with Gasteiger partial charge in [-0.1, -0.05) is 31.4 Å². The summed E-state index contributed by atoms with van der Waals surface area (Å²) in [5, 5.41) is 0.857. The Morgan fingerprint density at radius 1 is 1.24 bits per heavy atom. The zero-order valence-electron chi connectivity index (χ0n) is 13.0. The Kier molecular flexibility index (Phi) is 7.41. The van der Waals surface area contributed by atoms with Crippen LogP contribution in [0.15, 0.2) is 24.3 Å². The summed E-state index contributed by atoms with van der Waals surface area (Å²) in [7, 11) is 1.70. The molecule has 21 heavy (non-hydrogen) atoms. The largest absolute Gasteiger partial charge is 0.497 e. The normalized spacial score (nSPS) is 17.6. The standard InChI is InChI=1S/C17H28N2OS/c1-20-16-11-8-14(9-12-16)7-10-15(19-18)13-21-17-5-3-2-4-6-17/h8-9,11-12,15,17,19H,2-7,10,13,18H2,1H3. The molecule has 1 unspecified atom stereocenters. The minimum Gasteiger partial charge on any atom is -0.497 e. The van der Waals surface area contributed by atoms with Crippen LogP contribution >= 0.6 is 11.8 Å². The lowest BCUT2D eigenvalue weighted by molar-refractivity contribution is 0.414. The number of thioether (sulfide) groups is 1. The van der Waals surface area contributed by atoms with Crippen molar-refractivity contribution in [3.63, 3.8) is 0 Å². The van der Waals surface area contributed by atoms with E-state index in [0.29, 0.717) is 6.04 Å². The van der Waals surface area contributed by atoms with Crippen LogP contribution in [0, 0.1) is 0 Å². The third kappa shape index (κ3) is 5.89. The van der Waals surface area contributed by atoms with Crippen LogP contribution in [-0.2, 0) is 6.42 Å². The minimum absolute atomic E-state index is 0.402. The van der Waals surface area contributed by atoms with E-state index in [1.807, 2.05) is 12.1 Å². The van der Waals surface area contributed by atoms with Gasteiger partial charge in [-0.25, -0.2) is 0 Å². The van der Waals surface area contributed by atoms with Gasteiger partial charge in [0.2, 0.25) is 0 Å². The molecular formula is C17H28N2OS. The third-order valence-electron chi connectivity index (χ3n) is 4.26. The molecule has 0 radical (unpaired) electrons. The first-order valence-corrected chi connectivity index (χ1v) is 9.07. The smallest absolute Gasteiger partial charge is 0.118 e. The molecule has 118 valence electrons. The van der Waals surface area contributed by atoms with Crippen molar-refractivity contribution in [2.24, 2.45) is 5.84 Å². The molecule has 1 fully saturated rings. The van der Waals surface area contributed by atoms with Gasteiger partial charge in [-0.3, -0.25) is 11.3 Å². The highest BCUT2D eigenvalue weighted by molar-refractivity contribution is 7.99. The summed E-state index contributed by atoms with van der Waals surface area (Å²) in [6.07, 6.45) is 9.16. The van der Waals surface area contributed by atoms with E-state index in [1.165, 1.54) is 37.7 Å². The van der Waals surface area contributed by atoms with Crippen molar-refractivity contribution in [2.75, 3.05) is 12.9 Å². The Balaban J connectivity index is 1.70. The average Bonchev–Trinajstić information content (AvgIpc) is 2.56. The van der Waals surface area contributed by atoms with Gasteiger partial charge < -0.3 is 4.74 Å². The highest BCUT2D eigenvalue weighted by Gasteiger charge is 2.16. The average molecular weight is 308 g/mol. The van der Waals surface area contributed by atoms with Crippen LogP contribution in [0.5, 0.6) is 5.75 Å². The molecule has 3 nitrogen and oxygen atoms in total. The maximum absolute atomic E-state index is 5.71. The van der Waals surface area contributed by atoms with Crippen molar-refractivity contribution in [1.82, 2.24) is 5.43 Å². The minimum atomic E-state index is 0.402. The highest BCUT2D eigenvalue weighted by Crippen LogP contribution is 2.28. The van der Waals surface area contributed by atoms with Crippen LogP contribution in [-0.4, -0.2) is 24.2 Å². The first kappa shape index (κ1) is 16.7. The Morgan fingerprint density at radius 2 is 1.95 bits per heavy atom. The summed E-state index contributed by atoms with van der Waals surface area (Å²) in [5.74, 6) is 7.75. The Morgan fingerprint density at radius 3 is 2.57 bits per heavy atom. The summed E-state index contributed by atoms with van der Waals surface area (Å²) in [6.45, 7) is 0. The summed E-state index contributed by atoms with van der Waals surface area (Å²) < 4.78 is 5.19. The topological polar surface area (TPSA) is 47.3 Å². The summed E-state index contributed by atoms with van der Waals surface area (Å²) in [5.41, 5.74) is 4.33. The predicted octanol–water partition coefficient (Wildman–Crippen LogP) is 3.53. The van der Waals surface area contributed by atoms with E-state index in [4.69, 9.17) is 10.6 Å². The SMILES string of the molecule is COc1ccc(CCC(CSC2CCCCC2)NN)cc1. The molecule has 1 atom stereocenters. The van der Waals surface area contributed by atoms with Gasteiger partial charge in [0.1, 0.15) is 5.75 Å². The van der Waals surface area contributed by atoms with Crippen LogP contribution in [0.4, 0.5) is 0 Å². The zero-order valence-corrected chi connectivity index (χ0v) is 13.8. The molecule has 0 spiro atoms. The van der Waals surface area contributed by atoms with E-state index in [2.05, 4.69) is 29.3 Å². The van der Waals surface area contributed by atoms with Gasteiger partial charge in [-0.15, -0.1) is 0 Å². The number of hydrogen-bond donors (Lipinski definition) is 2. The quantitative estimate of drug-likeness (QED) is 0.570. The van der Waals surface area contributed by atoms with Crippen molar-refractivity contribution in [1.29, 1.82) is 0 Å². The number of methoxy groups -OCH3 is 1. The molecule has 0 aromatic heterocycles. The van der Waals surface area contributed by atoms with E-state index >= 15 is 0 Å². The van der Waals surface area contributed by atoms with Gasteiger partial charge in [0.05, 0.1) is 7.11 Å². The Labute approximate surface area is 133 Å². The zero-order chi connectivity index (χ0) is 14.9. The van der Waals surface area contributed by atoms with Gasteiger partial charge in [-0.05, 0) is 43.4 Å². The molecule has 0 aliphatic heterocycles. The number of nitrogens with one attached hydrogen (secondary N) is 1. The van der Waals surface area contributed by atoms with Crippen molar-refractivity contribution in [3.8, 4) is 5.75 Å². The van der Waals surface area contributed by atoms with Crippen LogP contribution in [0.25, 0.3) is 0 Å². The fraction of sp³-hybridized carbons (Fsp3) is 0.647. The lowest BCUT2D eigenvalue weighted by atomic mass is 10.0. The van der Waals surface area contributed by atoms with Crippen LogP contribution < -0.4 is 16.0 Å². The maximum atomic E-state index is 5.71. The molecule has 0 saturated heterocycles. The number of ether oxygens (including phenoxy) is 1. The van der Waals surface area contributed by atoms with Crippen LogP contribution in [0.1, 0.15) is 44.1 Å². The molecule has 3 N–H and O–H groups in total. The second-order valence-electron chi connectivity index (χ2n) is 5.84. The van der Waals surface area contributed by atoms with E-state index < -0.39 is 0 Å². The molecule has 0 bridgehead atoms.